The van der Waals surface area contributed by atoms with E-state index in [1.165, 1.54) is 13.2 Å². The van der Waals surface area contributed by atoms with Gasteiger partial charge in [-0.3, -0.25) is 4.79 Å². The number of aldehydes is 1. The van der Waals surface area contributed by atoms with Gasteiger partial charge in [0.25, 0.3) is 0 Å². The SMILES string of the molecule is COc1cccc(-c2ccc(F)c(F)c2)c1C=O. The van der Waals surface area contributed by atoms with E-state index in [-0.39, 0.29) is 0 Å². The maximum Gasteiger partial charge on any atom is 0.159 e. The van der Waals surface area contributed by atoms with E-state index in [4.69, 9.17) is 4.74 Å². The molecule has 18 heavy (non-hydrogen) atoms. The molecule has 0 amide bonds. The predicted molar refractivity (Wildman–Crippen MR) is 63.7 cm³/mol. The standard InChI is InChI=1S/C14H10F2O2/c1-18-14-4-2-3-10(11(14)8-17)9-5-6-12(15)13(16)7-9/h2-8H,1H3. The summed E-state index contributed by atoms with van der Waals surface area (Å²) in [5.74, 6) is -1.48. The Morgan fingerprint density at radius 3 is 2.50 bits per heavy atom. The third-order valence-electron chi connectivity index (χ3n) is 2.63. The van der Waals surface area contributed by atoms with Crippen LogP contribution in [0.2, 0.25) is 0 Å². The summed E-state index contributed by atoms with van der Waals surface area (Å²) in [6.07, 6.45) is 0.634. The molecule has 0 bridgehead atoms. The number of hydrogen-bond donors (Lipinski definition) is 0. The van der Waals surface area contributed by atoms with Crippen LogP contribution in [0.25, 0.3) is 11.1 Å². The molecule has 0 heterocycles. The Morgan fingerprint density at radius 2 is 1.89 bits per heavy atom. The summed E-state index contributed by atoms with van der Waals surface area (Å²) < 4.78 is 31.1. The molecule has 0 radical (unpaired) electrons. The molecule has 0 aliphatic rings. The predicted octanol–water partition coefficient (Wildman–Crippen LogP) is 3.45. The van der Waals surface area contributed by atoms with Crippen molar-refractivity contribution in [3.05, 3.63) is 53.6 Å². The fourth-order valence-electron chi connectivity index (χ4n) is 1.76. The fraction of sp³-hybridized carbons (Fsp3) is 0.0714. The van der Waals surface area contributed by atoms with Crippen molar-refractivity contribution < 1.29 is 18.3 Å². The van der Waals surface area contributed by atoms with Gasteiger partial charge >= 0.3 is 0 Å². The van der Waals surface area contributed by atoms with Gasteiger partial charge in [-0.15, -0.1) is 0 Å². The Hall–Kier alpha value is -2.23. The Kier molecular flexibility index (Phi) is 3.37. The van der Waals surface area contributed by atoms with Gasteiger partial charge in [-0.05, 0) is 29.3 Å². The van der Waals surface area contributed by atoms with Crippen LogP contribution >= 0.6 is 0 Å². The highest BCUT2D eigenvalue weighted by Crippen LogP contribution is 2.30. The van der Waals surface area contributed by atoms with Crippen LogP contribution in [0.1, 0.15) is 10.4 Å². The van der Waals surface area contributed by atoms with Crippen molar-refractivity contribution in [2.24, 2.45) is 0 Å². The van der Waals surface area contributed by atoms with Crippen molar-refractivity contribution in [3.63, 3.8) is 0 Å². The molecule has 0 aromatic heterocycles. The van der Waals surface area contributed by atoms with Crippen molar-refractivity contribution in [1.82, 2.24) is 0 Å². The highest BCUT2D eigenvalue weighted by Gasteiger charge is 2.11. The van der Waals surface area contributed by atoms with Gasteiger partial charge in [-0.1, -0.05) is 18.2 Å². The zero-order valence-corrected chi connectivity index (χ0v) is 9.61. The highest BCUT2D eigenvalue weighted by molar-refractivity contribution is 5.91. The molecule has 0 fully saturated rings. The van der Waals surface area contributed by atoms with E-state index in [2.05, 4.69) is 0 Å². The average molecular weight is 248 g/mol. The van der Waals surface area contributed by atoms with Crippen molar-refractivity contribution in [3.8, 4) is 16.9 Å². The molecule has 92 valence electrons. The Balaban J connectivity index is 2.63. The van der Waals surface area contributed by atoms with E-state index in [0.717, 1.165) is 12.1 Å². The first-order valence-corrected chi connectivity index (χ1v) is 5.25. The summed E-state index contributed by atoms with van der Waals surface area (Å²) in [6.45, 7) is 0. The van der Waals surface area contributed by atoms with E-state index in [9.17, 15) is 13.6 Å². The number of benzene rings is 2. The second kappa shape index (κ2) is 4.96. The van der Waals surface area contributed by atoms with Gasteiger partial charge < -0.3 is 4.74 Å². The monoisotopic (exact) mass is 248 g/mol. The lowest BCUT2D eigenvalue weighted by molar-refractivity contribution is 0.112. The summed E-state index contributed by atoms with van der Waals surface area (Å²) >= 11 is 0. The molecule has 4 heteroatoms. The summed E-state index contributed by atoms with van der Waals surface area (Å²) in [5, 5.41) is 0. The van der Waals surface area contributed by atoms with E-state index in [1.807, 2.05) is 0 Å². The van der Waals surface area contributed by atoms with Gasteiger partial charge in [-0.25, -0.2) is 8.78 Å². The normalized spacial score (nSPS) is 10.2. The van der Waals surface area contributed by atoms with E-state index >= 15 is 0 Å². The van der Waals surface area contributed by atoms with Gasteiger partial charge in [0.15, 0.2) is 17.9 Å². The first kappa shape index (κ1) is 12.2. The second-order valence-electron chi connectivity index (χ2n) is 3.67. The van der Waals surface area contributed by atoms with E-state index in [0.29, 0.717) is 28.7 Å². The van der Waals surface area contributed by atoms with Crippen LogP contribution < -0.4 is 4.74 Å². The fourth-order valence-corrected chi connectivity index (χ4v) is 1.76. The third kappa shape index (κ3) is 2.09. The van der Waals surface area contributed by atoms with Crippen molar-refractivity contribution in [1.29, 1.82) is 0 Å². The Bertz CT molecular complexity index is 594. The third-order valence-corrected chi connectivity index (χ3v) is 2.63. The van der Waals surface area contributed by atoms with Crippen LogP contribution in [-0.4, -0.2) is 13.4 Å². The van der Waals surface area contributed by atoms with Crippen LogP contribution in [-0.2, 0) is 0 Å². The Labute approximate surface area is 103 Å². The van der Waals surface area contributed by atoms with Crippen LogP contribution in [0.5, 0.6) is 5.75 Å². The molecule has 0 aliphatic carbocycles. The molecule has 0 aliphatic heterocycles. The van der Waals surface area contributed by atoms with Gasteiger partial charge in [0.2, 0.25) is 0 Å². The molecule has 0 saturated carbocycles. The summed E-state index contributed by atoms with van der Waals surface area (Å²) in [7, 11) is 1.44. The number of rotatable bonds is 3. The van der Waals surface area contributed by atoms with Gasteiger partial charge in [0, 0.05) is 0 Å². The number of ether oxygens (including phenoxy) is 1. The number of carbonyl (C=O) groups is 1. The molecule has 2 aromatic carbocycles. The molecular formula is C14H10F2O2. The lowest BCUT2D eigenvalue weighted by Crippen LogP contribution is -1.94. The largest absolute Gasteiger partial charge is 0.496 e. The molecule has 0 unspecified atom stereocenters. The zero-order chi connectivity index (χ0) is 13.1. The summed E-state index contributed by atoms with van der Waals surface area (Å²) in [4.78, 5) is 11.1. The molecule has 2 nitrogen and oxygen atoms in total. The molecule has 0 N–H and O–H groups in total. The first-order valence-electron chi connectivity index (χ1n) is 5.25. The van der Waals surface area contributed by atoms with Crippen molar-refractivity contribution in [2.45, 2.75) is 0 Å². The Morgan fingerprint density at radius 1 is 1.11 bits per heavy atom. The number of carbonyl (C=O) groups excluding carboxylic acids is 1. The molecule has 2 rings (SSSR count). The minimum atomic E-state index is -0.952. The second-order valence-corrected chi connectivity index (χ2v) is 3.67. The number of hydrogen-bond acceptors (Lipinski definition) is 2. The maximum absolute atomic E-state index is 13.2. The number of halogens is 2. The van der Waals surface area contributed by atoms with Gasteiger partial charge in [0.05, 0.1) is 12.7 Å². The smallest absolute Gasteiger partial charge is 0.159 e. The van der Waals surface area contributed by atoms with E-state index in [1.54, 1.807) is 18.2 Å². The van der Waals surface area contributed by atoms with Crippen LogP contribution in [0.4, 0.5) is 8.78 Å². The lowest BCUT2D eigenvalue weighted by atomic mass is 9.99. The van der Waals surface area contributed by atoms with Crippen LogP contribution in [0, 0.1) is 11.6 Å². The quantitative estimate of drug-likeness (QED) is 0.777. The van der Waals surface area contributed by atoms with Gasteiger partial charge in [-0.2, -0.15) is 0 Å². The first-order chi connectivity index (χ1) is 8.67. The van der Waals surface area contributed by atoms with Crippen molar-refractivity contribution >= 4 is 6.29 Å². The molecule has 0 saturated heterocycles. The molecule has 0 atom stereocenters. The van der Waals surface area contributed by atoms with Gasteiger partial charge in [0.1, 0.15) is 5.75 Å². The molecule has 0 spiro atoms. The molecule has 2 aromatic rings. The number of methoxy groups -OCH3 is 1. The highest BCUT2D eigenvalue weighted by atomic mass is 19.2. The maximum atomic E-state index is 13.2. The van der Waals surface area contributed by atoms with Crippen LogP contribution in [0.3, 0.4) is 0 Å². The van der Waals surface area contributed by atoms with Crippen LogP contribution in [0.15, 0.2) is 36.4 Å². The van der Waals surface area contributed by atoms with E-state index < -0.39 is 11.6 Å². The topological polar surface area (TPSA) is 26.3 Å². The average Bonchev–Trinajstić information content (AvgIpc) is 2.40. The van der Waals surface area contributed by atoms with Crippen molar-refractivity contribution in [2.75, 3.05) is 7.11 Å². The minimum Gasteiger partial charge on any atom is -0.496 e. The zero-order valence-electron chi connectivity index (χ0n) is 9.61. The molecular weight excluding hydrogens is 238 g/mol. The lowest BCUT2D eigenvalue weighted by Gasteiger charge is -2.09. The summed E-state index contributed by atoms with van der Waals surface area (Å²) in [5.41, 5.74) is 1.24. The minimum absolute atomic E-state index is 0.311. The summed E-state index contributed by atoms with van der Waals surface area (Å²) in [6, 6.07) is 8.46.